The third-order valence-corrected chi connectivity index (χ3v) is 4.43. The Kier molecular flexibility index (Phi) is 6.87. The van der Waals surface area contributed by atoms with Crippen molar-refractivity contribution in [2.24, 2.45) is 0 Å². The van der Waals surface area contributed by atoms with Crippen LogP contribution < -0.4 is 10.2 Å². The number of nitrogens with one attached hydrogen (secondary N) is 1. The van der Waals surface area contributed by atoms with E-state index in [2.05, 4.69) is 24.1 Å². The number of hydrogen-bond acceptors (Lipinski definition) is 3. The fourth-order valence-corrected chi connectivity index (χ4v) is 2.92. The summed E-state index contributed by atoms with van der Waals surface area (Å²) in [5, 5.41) is 3.47. The SMILES string of the molecule is CCN(CC)CCNC(=O)CN1CCN(c2cccc(Cl)c2)C1=O. The molecule has 1 aliphatic heterocycles. The zero-order chi connectivity index (χ0) is 17.5. The molecule has 1 saturated heterocycles. The Morgan fingerprint density at radius 2 is 2.04 bits per heavy atom. The Morgan fingerprint density at radius 1 is 1.29 bits per heavy atom. The first kappa shape index (κ1) is 18.5. The van der Waals surface area contributed by atoms with Crippen LogP contribution in [0.5, 0.6) is 0 Å². The summed E-state index contributed by atoms with van der Waals surface area (Å²) in [5.41, 5.74) is 0.761. The number of nitrogens with zero attached hydrogens (tertiary/aromatic N) is 3. The van der Waals surface area contributed by atoms with Gasteiger partial charge in [-0.3, -0.25) is 9.69 Å². The summed E-state index contributed by atoms with van der Waals surface area (Å²) in [6.07, 6.45) is 0. The molecule has 24 heavy (non-hydrogen) atoms. The van der Waals surface area contributed by atoms with E-state index in [9.17, 15) is 9.59 Å². The number of amides is 3. The lowest BCUT2D eigenvalue weighted by Gasteiger charge is -2.20. The topological polar surface area (TPSA) is 55.9 Å². The van der Waals surface area contributed by atoms with E-state index in [4.69, 9.17) is 11.6 Å². The molecule has 0 radical (unpaired) electrons. The van der Waals surface area contributed by atoms with Gasteiger partial charge in [0.1, 0.15) is 6.54 Å². The molecule has 6 nitrogen and oxygen atoms in total. The fourth-order valence-electron chi connectivity index (χ4n) is 2.74. The molecule has 0 spiro atoms. The van der Waals surface area contributed by atoms with E-state index >= 15 is 0 Å². The second kappa shape index (κ2) is 8.89. The average molecular weight is 353 g/mol. The van der Waals surface area contributed by atoms with Crippen molar-refractivity contribution in [2.45, 2.75) is 13.8 Å². The van der Waals surface area contributed by atoms with Crippen molar-refractivity contribution >= 4 is 29.2 Å². The molecule has 1 fully saturated rings. The first-order valence-corrected chi connectivity index (χ1v) is 8.74. The van der Waals surface area contributed by atoms with Gasteiger partial charge in [0.25, 0.3) is 0 Å². The highest BCUT2D eigenvalue weighted by Crippen LogP contribution is 2.23. The number of anilines is 1. The molecule has 1 N–H and O–H groups in total. The predicted octanol–water partition coefficient (Wildman–Crippen LogP) is 2.04. The molecular formula is C17H25ClN4O2. The van der Waals surface area contributed by atoms with E-state index in [-0.39, 0.29) is 18.5 Å². The van der Waals surface area contributed by atoms with Crippen molar-refractivity contribution in [2.75, 3.05) is 50.7 Å². The maximum atomic E-state index is 12.4. The summed E-state index contributed by atoms with van der Waals surface area (Å²) in [5.74, 6) is -0.122. The summed E-state index contributed by atoms with van der Waals surface area (Å²) in [6.45, 7) is 8.73. The highest BCUT2D eigenvalue weighted by atomic mass is 35.5. The summed E-state index contributed by atoms with van der Waals surface area (Å²) in [7, 11) is 0. The van der Waals surface area contributed by atoms with Crippen LogP contribution in [0.2, 0.25) is 5.02 Å². The number of hydrogen-bond donors (Lipinski definition) is 1. The number of urea groups is 1. The first-order valence-electron chi connectivity index (χ1n) is 8.36. The van der Waals surface area contributed by atoms with Gasteiger partial charge in [-0.15, -0.1) is 0 Å². The van der Waals surface area contributed by atoms with Gasteiger partial charge >= 0.3 is 6.03 Å². The fraction of sp³-hybridized carbons (Fsp3) is 0.529. The van der Waals surface area contributed by atoms with E-state index < -0.39 is 0 Å². The minimum Gasteiger partial charge on any atom is -0.353 e. The van der Waals surface area contributed by atoms with Gasteiger partial charge in [0.15, 0.2) is 0 Å². The van der Waals surface area contributed by atoms with Gasteiger partial charge in [0.05, 0.1) is 0 Å². The molecule has 1 aromatic rings. The lowest BCUT2D eigenvalue weighted by molar-refractivity contribution is -0.121. The van der Waals surface area contributed by atoms with Gasteiger partial charge in [0, 0.05) is 36.9 Å². The predicted molar refractivity (Wildman–Crippen MR) is 96.6 cm³/mol. The van der Waals surface area contributed by atoms with Crippen LogP contribution in [0.15, 0.2) is 24.3 Å². The lowest BCUT2D eigenvalue weighted by atomic mass is 10.3. The molecule has 132 valence electrons. The second-order valence-corrected chi connectivity index (χ2v) is 6.15. The average Bonchev–Trinajstić information content (AvgIpc) is 2.92. The maximum absolute atomic E-state index is 12.4. The van der Waals surface area contributed by atoms with Crippen LogP contribution >= 0.6 is 11.6 Å². The summed E-state index contributed by atoms with van der Waals surface area (Å²) in [6, 6.07) is 7.03. The minimum absolute atomic E-state index is 0.0914. The molecule has 0 aromatic heterocycles. The van der Waals surface area contributed by atoms with Gasteiger partial charge in [-0.05, 0) is 31.3 Å². The molecule has 0 atom stereocenters. The van der Waals surface area contributed by atoms with Gasteiger partial charge in [0.2, 0.25) is 5.91 Å². The van der Waals surface area contributed by atoms with Crippen LogP contribution in [0, 0.1) is 0 Å². The summed E-state index contributed by atoms with van der Waals surface area (Å²) < 4.78 is 0. The maximum Gasteiger partial charge on any atom is 0.325 e. The van der Waals surface area contributed by atoms with Gasteiger partial charge in [-0.1, -0.05) is 31.5 Å². The summed E-state index contributed by atoms with van der Waals surface area (Å²) in [4.78, 5) is 29.9. The Hall–Kier alpha value is -1.79. The molecule has 0 aliphatic carbocycles. The van der Waals surface area contributed by atoms with E-state index in [1.807, 2.05) is 12.1 Å². The van der Waals surface area contributed by atoms with Gasteiger partial charge < -0.3 is 15.1 Å². The van der Waals surface area contributed by atoms with Crippen molar-refractivity contribution < 1.29 is 9.59 Å². The molecule has 0 unspecified atom stereocenters. The zero-order valence-corrected chi connectivity index (χ0v) is 15.1. The third kappa shape index (κ3) is 4.85. The van der Waals surface area contributed by atoms with Crippen molar-refractivity contribution in [3.05, 3.63) is 29.3 Å². The summed E-state index contributed by atoms with van der Waals surface area (Å²) >= 11 is 5.98. The van der Waals surface area contributed by atoms with Crippen molar-refractivity contribution in [3.8, 4) is 0 Å². The van der Waals surface area contributed by atoms with Crippen LogP contribution in [0.25, 0.3) is 0 Å². The molecule has 2 rings (SSSR count). The first-order chi connectivity index (χ1) is 11.5. The number of carbonyl (C=O) groups is 2. The standard InChI is InChI=1S/C17H25ClN4O2/c1-3-20(4-2)9-8-19-16(23)13-21-10-11-22(17(21)24)15-7-5-6-14(18)12-15/h5-7,12H,3-4,8-11,13H2,1-2H3,(H,19,23). The van der Waals surface area contributed by atoms with Crippen LogP contribution in [0.4, 0.5) is 10.5 Å². The molecule has 0 bridgehead atoms. The van der Waals surface area contributed by atoms with Crippen LogP contribution in [0.3, 0.4) is 0 Å². The van der Waals surface area contributed by atoms with E-state index in [0.29, 0.717) is 24.7 Å². The minimum atomic E-state index is -0.156. The molecule has 1 aliphatic rings. The highest BCUT2D eigenvalue weighted by Gasteiger charge is 2.30. The number of halogens is 1. The quantitative estimate of drug-likeness (QED) is 0.779. The Labute approximate surface area is 148 Å². The molecule has 1 aromatic carbocycles. The monoisotopic (exact) mass is 352 g/mol. The molecular weight excluding hydrogens is 328 g/mol. The zero-order valence-electron chi connectivity index (χ0n) is 14.3. The van der Waals surface area contributed by atoms with Gasteiger partial charge in [-0.25, -0.2) is 4.79 Å². The second-order valence-electron chi connectivity index (χ2n) is 5.71. The lowest BCUT2D eigenvalue weighted by Crippen LogP contribution is -2.42. The van der Waals surface area contributed by atoms with E-state index in [1.165, 1.54) is 0 Å². The molecule has 3 amide bonds. The third-order valence-electron chi connectivity index (χ3n) is 4.19. The highest BCUT2D eigenvalue weighted by molar-refractivity contribution is 6.30. The number of benzene rings is 1. The Balaban J connectivity index is 1.81. The largest absolute Gasteiger partial charge is 0.353 e. The normalized spacial score (nSPS) is 14.6. The van der Waals surface area contributed by atoms with Crippen LogP contribution in [0.1, 0.15) is 13.8 Å². The molecule has 1 heterocycles. The Bertz CT molecular complexity index is 577. The van der Waals surface area contributed by atoms with E-state index in [1.54, 1.807) is 21.9 Å². The van der Waals surface area contributed by atoms with Crippen molar-refractivity contribution in [1.82, 2.24) is 15.1 Å². The number of likely N-dealkylation sites (N-methyl/N-ethyl adjacent to an activating group) is 1. The molecule has 0 saturated carbocycles. The Morgan fingerprint density at radius 3 is 2.71 bits per heavy atom. The molecule has 7 heteroatoms. The number of carbonyl (C=O) groups excluding carboxylic acids is 2. The van der Waals surface area contributed by atoms with Crippen LogP contribution in [-0.4, -0.2) is 67.6 Å². The number of rotatable bonds is 8. The van der Waals surface area contributed by atoms with Gasteiger partial charge in [-0.2, -0.15) is 0 Å². The smallest absolute Gasteiger partial charge is 0.325 e. The van der Waals surface area contributed by atoms with Crippen molar-refractivity contribution in [1.29, 1.82) is 0 Å². The van der Waals surface area contributed by atoms with Crippen LogP contribution in [-0.2, 0) is 4.79 Å². The van der Waals surface area contributed by atoms with E-state index in [0.717, 1.165) is 25.3 Å². The van der Waals surface area contributed by atoms with Crippen molar-refractivity contribution in [3.63, 3.8) is 0 Å².